The summed E-state index contributed by atoms with van der Waals surface area (Å²) in [6.45, 7) is 3.78. The summed E-state index contributed by atoms with van der Waals surface area (Å²) in [5, 5.41) is 9.26. The average Bonchev–Trinajstić information content (AvgIpc) is 2.03. The van der Waals surface area contributed by atoms with E-state index in [1.165, 1.54) is 0 Å². The summed E-state index contributed by atoms with van der Waals surface area (Å²) in [5.41, 5.74) is 2.18. The van der Waals surface area contributed by atoms with E-state index in [-0.39, 0.29) is 6.10 Å². The summed E-state index contributed by atoms with van der Waals surface area (Å²) in [6, 6.07) is 5.97. The summed E-state index contributed by atoms with van der Waals surface area (Å²) in [5.74, 6) is 0.892. The minimum absolute atomic E-state index is 0.323. The highest BCUT2D eigenvalue weighted by Gasteiger charge is 2.07. The lowest BCUT2D eigenvalue weighted by molar-refractivity contribution is 0.194. The van der Waals surface area contributed by atoms with Gasteiger partial charge in [-0.15, -0.1) is 0 Å². The number of aliphatic hydroxyl groups excluding tert-OH is 1. The van der Waals surface area contributed by atoms with E-state index in [0.29, 0.717) is 6.42 Å². The molecule has 0 aliphatic carbocycles. The second kappa shape index (κ2) is 4.28. The number of hydrogen-bond acceptors (Lipinski definition) is 2. The highest BCUT2D eigenvalue weighted by Crippen LogP contribution is 2.23. The highest BCUT2D eigenvalue weighted by atomic mass is 16.5. The summed E-state index contributed by atoms with van der Waals surface area (Å²) < 4.78 is 5.27. The van der Waals surface area contributed by atoms with Gasteiger partial charge in [0, 0.05) is 6.42 Å². The van der Waals surface area contributed by atoms with Crippen molar-refractivity contribution in [2.75, 3.05) is 7.11 Å². The Kier molecular flexibility index (Phi) is 3.32. The number of para-hydroxylation sites is 1. The maximum absolute atomic E-state index is 9.26. The Morgan fingerprint density at radius 1 is 1.46 bits per heavy atom. The van der Waals surface area contributed by atoms with Crippen LogP contribution in [-0.4, -0.2) is 18.3 Å². The molecule has 0 aliphatic heterocycles. The number of benzene rings is 1. The SMILES string of the molecule is COc1c(C)cccc1CC(C)O. The number of aliphatic hydroxyl groups is 1. The lowest BCUT2D eigenvalue weighted by Crippen LogP contribution is -2.06. The lowest BCUT2D eigenvalue weighted by atomic mass is 10.0. The van der Waals surface area contributed by atoms with Crippen LogP contribution in [0.5, 0.6) is 5.75 Å². The van der Waals surface area contributed by atoms with E-state index in [0.717, 1.165) is 16.9 Å². The predicted octanol–water partition coefficient (Wildman–Crippen LogP) is 1.93. The third-order valence-corrected chi connectivity index (χ3v) is 2.01. The zero-order valence-electron chi connectivity index (χ0n) is 8.37. The molecular weight excluding hydrogens is 164 g/mol. The number of methoxy groups -OCH3 is 1. The first-order chi connectivity index (χ1) is 6.15. The van der Waals surface area contributed by atoms with Gasteiger partial charge in [0.15, 0.2) is 0 Å². The second-order valence-corrected chi connectivity index (χ2v) is 3.32. The summed E-state index contributed by atoms with van der Waals surface area (Å²) in [4.78, 5) is 0. The smallest absolute Gasteiger partial charge is 0.125 e. The maximum Gasteiger partial charge on any atom is 0.125 e. The predicted molar refractivity (Wildman–Crippen MR) is 53.1 cm³/mol. The van der Waals surface area contributed by atoms with Gasteiger partial charge in [-0.05, 0) is 25.0 Å². The molecule has 2 heteroatoms. The molecule has 72 valence electrons. The first kappa shape index (κ1) is 10.1. The first-order valence-corrected chi connectivity index (χ1v) is 4.45. The van der Waals surface area contributed by atoms with E-state index in [4.69, 9.17) is 4.74 Å². The van der Waals surface area contributed by atoms with Gasteiger partial charge in [0.05, 0.1) is 13.2 Å². The molecule has 0 spiro atoms. The standard InChI is InChI=1S/C11H16O2/c1-8-5-4-6-10(7-9(2)12)11(8)13-3/h4-6,9,12H,7H2,1-3H3. The van der Waals surface area contributed by atoms with Crippen molar-refractivity contribution in [3.8, 4) is 5.75 Å². The van der Waals surface area contributed by atoms with E-state index in [9.17, 15) is 5.11 Å². The maximum atomic E-state index is 9.26. The van der Waals surface area contributed by atoms with Crippen molar-refractivity contribution in [3.05, 3.63) is 29.3 Å². The average molecular weight is 180 g/mol. The number of aryl methyl sites for hydroxylation is 1. The van der Waals surface area contributed by atoms with Crippen LogP contribution in [0.1, 0.15) is 18.1 Å². The Morgan fingerprint density at radius 3 is 2.69 bits per heavy atom. The van der Waals surface area contributed by atoms with Crippen LogP contribution in [0, 0.1) is 6.92 Å². The molecule has 0 radical (unpaired) electrons. The van der Waals surface area contributed by atoms with Crippen molar-refractivity contribution in [2.45, 2.75) is 26.4 Å². The highest BCUT2D eigenvalue weighted by molar-refractivity contribution is 5.40. The second-order valence-electron chi connectivity index (χ2n) is 3.32. The van der Waals surface area contributed by atoms with Gasteiger partial charge in [-0.3, -0.25) is 0 Å². The van der Waals surface area contributed by atoms with Gasteiger partial charge in [0.25, 0.3) is 0 Å². The molecule has 0 saturated carbocycles. The van der Waals surface area contributed by atoms with Gasteiger partial charge in [-0.2, -0.15) is 0 Å². The van der Waals surface area contributed by atoms with E-state index in [1.807, 2.05) is 25.1 Å². The van der Waals surface area contributed by atoms with Crippen molar-refractivity contribution < 1.29 is 9.84 Å². The van der Waals surface area contributed by atoms with Crippen LogP contribution >= 0.6 is 0 Å². The lowest BCUT2D eigenvalue weighted by Gasteiger charge is -2.12. The summed E-state index contributed by atoms with van der Waals surface area (Å²) >= 11 is 0. The largest absolute Gasteiger partial charge is 0.496 e. The van der Waals surface area contributed by atoms with Gasteiger partial charge < -0.3 is 9.84 Å². The van der Waals surface area contributed by atoms with Crippen LogP contribution in [0.15, 0.2) is 18.2 Å². The fraction of sp³-hybridized carbons (Fsp3) is 0.455. The molecule has 0 saturated heterocycles. The first-order valence-electron chi connectivity index (χ1n) is 4.45. The molecule has 0 amide bonds. The van der Waals surface area contributed by atoms with Crippen LogP contribution in [0.4, 0.5) is 0 Å². The van der Waals surface area contributed by atoms with Crippen LogP contribution in [0.3, 0.4) is 0 Å². The zero-order chi connectivity index (χ0) is 9.84. The molecule has 1 rings (SSSR count). The number of rotatable bonds is 3. The van der Waals surface area contributed by atoms with E-state index < -0.39 is 0 Å². The van der Waals surface area contributed by atoms with Crippen molar-refractivity contribution >= 4 is 0 Å². The molecule has 13 heavy (non-hydrogen) atoms. The Balaban J connectivity index is 2.98. The van der Waals surface area contributed by atoms with E-state index in [1.54, 1.807) is 14.0 Å². The van der Waals surface area contributed by atoms with E-state index >= 15 is 0 Å². The molecule has 0 fully saturated rings. The molecular formula is C11H16O2. The number of hydrogen-bond donors (Lipinski definition) is 1. The summed E-state index contributed by atoms with van der Waals surface area (Å²) in [7, 11) is 1.66. The molecule has 1 N–H and O–H groups in total. The minimum atomic E-state index is -0.323. The minimum Gasteiger partial charge on any atom is -0.496 e. The van der Waals surface area contributed by atoms with Crippen molar-refractivity contribution in [1.29, 1.82) is 0 Å². The van der Waals surface area contributed by atoms with Gasteiger partial charge in [-0.25, -0.2) is 0 Å². The van der Waals surface area contributed by atoms with Gasteiger partial charge in [0.2, 0.25) is 0 Å². The van der Waals surface area contributed by atoms with E-state index in [2.05, 4.69) is 0 Å². The monoisotopic (exact) mass is 180 g/mol. The van der Waals surface area contributed by atoms with Gasteiger partial charge >= 0.3 is 0 Å². The molecule has 0 bridgehead atoms. The molecule has 0 aromatic heterocycles. The van der Waals surface area contributed by atoms with Crippen LogP contribution in [0.2, 0.25) is 0 Å². The fourth-order valence-corrected chi connectivity index (χ4v) is 1.48. The third kappa shape index (κ3) is 2.46. The topological polar surface area (TPSA) is 29.5 Å². The molecule has 1 unspecified atom stereocenters. The Labute approximate surface area is 79.2 Å². The van der Waals surface area contributed by atoms with Crippen molar-refractivity contribution in [3.63, 3.8) is 0 Å². The summed E-state index contributed by atoms with van der Waals surface area (Å²) in [6.07, 6.45) is 0.320. The van der Waals surface area contributed by atoms with Gasteiger partial charge in [-0.1, -0.05) is 18.2 Å². The van der Waals surface area contributed by atoms with Crippen LogP contribution < -0.4 is 4.74 Å². The van der Waals surface area contributed by atoms with Crippen LogP contribution in [-0.2, 0) is 6.42 Å². The van der Waals surface area contributed by atoms with Crippen LogP contribution in [0.25, 0.3) is 0 Å². The molecule has 1 atom stereocenters. The normalized spacial score (nSPS) is 12.6. The fourth-order valence-electron chi connectivity index (χ4n) is 1.48. The van der Waals surface area contributed by atoms with Crippen molar-refractivity contribution in [1.82, 2.24) is 0 Å². The zero-order valence-corrected chi connectivity index (χ0v) is 8.37. The molecule has 0 aliphatic rings. The third-order valence-electron chi connectivity index (χ3n) is 2.01. The Bertz CT molecular complexity index is 279. The Morgan fingerprint density at radius 2 is 2.15 bits per heavy atom. The molecule has 1 aromatic carbocycles. The molecule has 1 aromatic rings. The van der Waals surface area contributed by atoms with Crippen molar-refractivity contribution in [2.24, 2.45) is 0 Å². The Hall–Kier alpha value is -1.02. The van der Waals surface area contributed by atoms with Gasteiger partial charge in [0.1, 0.15) is 5.75 Å². The molecule has 0 heterocycles. The quantitative estimate of drug-likeness (QED) is 0.770. The number of ether oxygens (including phenoxy) is 1. The molecule has 2 nitrogen and oxygen atoms in total.